The van der Waals surface area contributed by atoms with E-state index in [1.165, 1.54) is 27.2 Å². The van der Waals surface area contributed by atoms with Crippen molar-refractivity contribution in [2.45, 2.75) is 26.6 Å². The number of esters is 3. The molecule has 0 unspecified atom stereocenters. The Hall–Kier alpha value is -1.87. The molecule has 1 saturated heterocycles. The predicted octanol–water partition coefficient (Wildman–Crippen LogP) is 3.44. The molecule has 2 rings (SSSR count). The van der Waals surface area contributed by atoms with Gasteiger partial charge in [0.25, 0.3) is 5.79 Å². The molecule has 0 spiro atoms. The third kappa shape index (κ3) is 4.04. The van der Waals surface area contributed by atoms with Crippen molar-refractivity contribution in [1.29, 1.82) is 0 Å². The van der Waals surface area contributed by atoms with E-state index in [0.29, 0.717) is 14.6 Å². The Morgan fingerprint density at radius 1 is 1.24 bits per heavy atom. The Kier molecular flexibility index (Phi) is 5.58. The third-order valence-electron chi connectivity index (χ3n) is 3.28. The lowest BCUT2D eigenvalue weighted by Crippen LogP contribution is -2.42. The molecule has 1 aromatic rings. The summed E-state index contributed by atoms with van der Waals surface area (Å²) in [5.41, 5.74) is 1.22. The van der Waals surface area contributed by atoms with Crippen LogP contribution in [0.2, 0.25) is 0 Å². The van der Waals surface area contributed by atoms with Crippen molar-refractivity contribution in [3.05, 3.63) is 37.9 Å². The fourth-order valence-electron chi connectivity index (χ4n) is 2.13. The van der Waals surface area contributed by atoms with E-state index in [-0.39, 0.29) is 11.1 Å². The van der Waals surface area contributed by atoms with Crippen molar-refractivity contribution >= 4 is 55.5 Å². The van der Waals surface area contributed by atoms with Crippen LogP contribution in [0.3, 0.4) is 0 Å². The van der Waals surface area contributed by atoms with Crippen LogP contribution < -0.4 is 5.32 Å². The number of ether oxygens (including phenoxy) is 3. The molecule has 0 saturated carbocycles. The Labute approximate surface area is 160 Å². The lowest BCUT2D eigenvalue weighted by molar-refractivity contribution is -0.222. The molecule has 0 aromatic heterocycles. The average molecular weight is 477 g/mol. The minimum absolute atomic E-state index is 0.268. The number of nitrogens with one attached hydrogen (secondary N) is 1. The van der Waals surface area contributed by atoms with Gasteiger partial charge in [-0.2, -0.15) is 0 Å². The van der Waals surface area contributed by atoms with Gasteiger partial charge in [-0.05, 0) is 50.4 Å². The summed E-state index contributed by atoms with van der Waals surface area (Å²) in [6.07, 6.45) is 1.18. The van der Waals surface area contributed by atoms with Crippen LogP contribution in [-0.4, -0.2) is 30.8 Å². The number of anilines is 1. The smallest absolute Gasteiger partial charge is 0.350 e. The zero-order valence-corrected chi connectivity index (χ0v) is 17.0. The van der Waals surface area contributed by atoms with Gasteiger partial charge in [0.2, 0.25) is 0 Å². The first kappa shape index (κ1) is 19.5. The van der Waals surface area contributed by atoms with Crippen LogP contribution in [-0.2, 0) is 23.8 Å². The fraction of sp³-hybridized carbons (Fsp3) is 0.312. The van der Waals surface area contributed by atoms with Crippen LogP contribution in [0, 0.1) is 6.92 Å². The highest BCUT2D eigenvalue weighted by Gasteiger charge is 2.39. The lowest BCUT2D eigenvalue weighted by atomic mass is 10.1. The summed E-state index contributed by atoms with van der Waals surface area (Å²) in [5, 5.41) is 2.85. The molecule has 1 aliphatic heterocycles. The molecule has 0 radical (unpaired) electrons. The number of aryl methyl sites for hydroxylation is 1. The normalized spacial score (nSPS) is 16.0. The molecule has 1 heterocycles. The van der Waals surface area contributed by atoms with Gasteiger partial charge in [0.05, 0.1) is 22.8 Å². The number of hydrogen-bond acceptors (Lipinski definition) is 7. The third-order valence-corrected chi connectivity index (χ3v) is 4.70. The van der Waals surface area contributed by atoms with Crippen molar-refractivity contribution in [2.24, 2.45) is 0 Å². The maximum atomic E-state index is 12.0. The second-order valence-electron chi connectivity index (χ2n) is 5.61. The highest BCUT2D eigenvalue weighted by Crippen LogP contribution is 2.36. The van der Waals surface area contributed by atoms with Gasteiger partial charge in [-0.3, -0.25) is 0 Å². The topological polar surface area (TPSA) is 90.9 Å². The largest absolute Gasteiger partial charge is 0.465 e. The Morgan fingerprint density at radius 2 is 1.80 bits per heavy atom. The van der Waals surface area contributed by atoms with E-state index in [1.807, 2.05) is 0 Å². The summed E-state index contributed by atoms with van der Waals surface area (Å²) in [7, 11) is 1.27. The molecule has 1 aliphatic rings. The standard InChI is InChI=1S/C16H15Br2NO6/c1-7-5-9(17)10(15(22)23-4)11(18)12(7)19-6-8-13(20)24-16(2,3)25-14(8)21/h5-6,19H,1-4H3. The molecular formula is C16H15Br2NO6. The second kappa shape index (κ2) is 7.17. The van der Waals surface area contributed by atoms with Crippen LogP contribution in [0.1, 0.15) is 29.8 Å². The number of cyclic esters (lactones) is 2. The summed E-state index contributed by atoms with van der Waals surface area (Å²) < 4.78 is 15.8. The summed E-state index contributed by atoms with van der Waals surface area (Å²) in [6.45, 7) is 4.72. The Bertz CT molecular complexity index is 778. The van der Waals surface area contributed by atoms with E-state index in [2.05, 4.69) is 37.2 Å². The van der Waals surface area contributed by atoms with E-state index in [0.717, 1.165) is 5.56 Å². The summed E-state index contributed by atoms with van der Waals surface area (Å²) in [5.74, 6) is -3.45. The van der Waals surface area contributed by atoms with Gasteiger partial charge in [0, 0.05) is 24.5 Å². The van der Waals surface area contributed by atoms with Crippen molar-refractivity contribution in [2.75, 3.05) is 12.4 Å². The van der Waals surface area contributed by atoms with Gasteiger partial charge in [0.1, 0.15) is 0 Å². The van der Waals surface area contributed by atoms with Crippen LogP contribution >= 0.6 is 31.9 Å². The molecule has 25 heavy (non-hydrogen) atoms. The minimum atomic E-state index is -1.31. The molecule has 1 fully saturated rings. The second-order valence-corrected chi connectivity index (χ2v) is 7.26. The summed E-state index contributed by atoms with van der Waals surface area (Å²) in [6, 6.07) is 1.71. The molecule has 0 aliphatic carbocycles. The Morgan fingerprint density at radius 3 is 2.32 bits per heavy atom. The van der Waals surface area contributed by atoms with Crippen molar-refractivity contribution in [3.63, 3.8) is 0 Å². The van der Waals surface area contributed by atoms with Gasteiger partial charge in [-0.15, -0.1) is 0 Å². The van der Waals surface area contributed by atoms with Crippen LogP contribution in [0.15, 0.2) is 26.8 Å². The highest BCUT2D eigenvalue weighted by atomic mass is 79.9. The number of methoxy groups -OCH3 is 1. The molecule has 0 amide bonds. The van der Waals surface area contributed by atoms with Crippen LogP contribution in [0.4, 0.5) is 5.69 Å². The minimum Gasteiger partial charge on any atom is -0.465 e. The number of benzene rings is 1. The van der Waals surface area contributed by atoms with Crippen LogP contribution in [0.5, 0.6) is 0 Å². The molecule has 9 heteroatoms. The molecule has 0 atom stereocenters. The molecule has 1 aromatic carbocycles. The van der Waals surface area contributed by atoms with E-state index in [4.69, 9.17) is 14.2 Å². The lowest BCUT2D eigenvalue weighted by Gasteiger charge is -2.29. The van der Waals surface area contributed by atoms with Gasteiger partial charge in [0.15, 0.2) is 5.57 Å². The number of halogens is 2. The number of carbonyl (C=O) groups is 3. The van der Waals surface area contributed by atoms with Gasteiger partial charge in [-0.1, -0.05) is 0 Å². The van der Waals surface area contributed by atoms with E-state index in [1.54, 1.807) is 13.0 Å². The molecular weight excluding hydrogens is 462 g/mol. The van der Waals surface area contributed by atoms with E-state index >= 15 is 0 Å². The Balaban J connectivity index is 2.40. The first-order chi connectivity index (χ1) is 11.6. The summed E-state index contributed by atoms with van der Waals surface area (Å²) >= 11 is 6.65. The van der Waals surface area contributed by atoms with E-state index < -0.39 is 23.7 Å². The monoisotopic (exact) mass is 475 g/mol. The molecule has 134 valence electrons. The fourth-order valence-corrected chi connectivity index (χ4v) is 3.90. The number of hydrogen-bond donors (Lipinski definition) is 1. The number of rotatable bonds is 3. The zero-order valence-electron chi connectivity index (χ0n) is 13.9. The summed E-state index contributed by atoms with van der Waals surface area (Å²) in [4.78, 5) is 35.9. The maximum absolute atomic E-state index is 12.0. The SMILES string of the molecule is COC(=O)c1c(Br)cc(C)c(NC=C2C(=O)OC(C)(C)OC2=O)c1Br. The quantitative estimate of drug-likeness (QED) is 0.406. The van der Waals surface area contributed by atoms with Crippen molar-refractivity contribution in [1.82, 2.24) is 0 Å². The zero-order chi connectivity index (χ0) is 18.9. The van der Waals surface area contributed by atoms with Gasteiger partial charge < -0.3 is 19.5 Å². The number of carbonyl (C=O) groups excluding carboxylic acids is 3. The predicted molar refractivity (Wildman–Crippen MR) is 95.9 cm³/mol. The molecule has 0 bridgehead atoms. The van der Waals surface area contributed by atoms with Gasteiger partial charge in [-0.25, -0.2) is 14.4 Å². The van der Waals surface area contributed by atoms with Gasteiger partial charge >= 0.3 is 17.9 Å². The molecule has 1 N–H and O–H groups in total. The first-order valence-electron chi connectivity index (χ1n) is 7.07. The average Bonchev–Trinajstić information content (AvgIpc) is 2.47. The highest BCUT2D eigenvalue weighted by molar-refractivity contribution is 9.11. The van der Waals surface area contributed by atoms with Crippen molar-refractivity contribution in [3.8, 4) is 0 Å². The van der Waals surface area contributed by atoms with E-state index in [9.17, 15) is 14.4 Å². The van der Waals surface area contributed by atoms with Crippen molar-refractivity contribution < 1.29 is 28.6 Å². The first-order valence-corrected chi connectivity index (χ1v) is 8.66. The van der Waals surface area contributed by atoms with Crippen LogP contribution in [0.25, 0.3) is 0 Å². The molecule has 7 nitrogen and oxygen atoms in total. The maximum Gasteiger partial charge on any atom is 0.350 e.